The normalized spacial score (nSPS) is 21.6. The molecule has 3 nitrogen and oxygen atoms in total. The number of nitrogens with one attached hydrogen (secondary N) is 1. The monoisotopic (exact) mass is 314 g/mol. The van der Waals surface area contributed by atoms with E-state index in [0.717, 1.165) is 24.5 Å². The topological polar surface area (TPSA) is 34.1 Å². The number of benzene rings is 1. The Kier molecular flexibility index (Phi) is 3.66. The lowest BCUT2D eigenvalue weighted by molar-refractivity contribution is 0.407. The van der Waals surface area contributed by atoms with Gasteiger partial charge in [-0.25, -0.2) is 4.98 Å². The van der Waals surface area contributed by atoms with Crippen LogP contribution in [0.25, 0.3) is 0 Å². The van der Waals surface area contributed by atoms with Crippen molar-refractivity contribution in [2.24, 2.45) is 5.92 Å². The minimum atomic E-state index is 0.417. The highest BCUT2D eigenvalue weighted by molar-refractivity contribution is 7.11. The molecular formula is C18H22N2OS. The molecule has 1 N–H and O–H groups in total. The van der Waals surface area contributed by atoms with Crippen LogP contribution in [-0.4, -0.2) is 12.1 Å². The Balaban J connectivity index is 1.59. The fraction of sp³-hybridized carbons (Fsp3) is 0.500. The fourth-order valence-electron chi connectivity index (χ4n) is 3.56. The summed E-state index contributed by atoms with van der Waals surface area (Å²) in [5.74, 6) is 1.80. The minimum Gasteiger partial charge on any atom is -0.496 e. The van der Waals surface area contributed by atoms with E-state index in [0.29, 0.717) is 12.1 Å². The number of thiazole rings is 1. The van der Waals surface area contributed by atoms with E-state index in [2.05, 4.69) is 35.4 Å². The van der Waals surface area contributed by atoms with Crippen molar-refractivity contribution in [2.45, 2.75) is 44.7 Å². The Morgan fingerprint density at radius 3 is 2.86 bits per heavy atom. The van der Waals surface area contributed by atoms with Crippen LogP contribution in [0.15, 0.2) is 24.4 Å². The predicted molar refractivity (Wildman–Crippen MR) is 89.5 cm³/mol. The van der Waals surface area contributed by atoms with Gasteiger partial charge < -0.3 is 10.1 Å². The Morgan fingerprint density at radius 2 is 2.18 bits per heavy atom. The number of methoxy groups -OCH3 is 1. The van der Waals surface area contributed by atoms with E-state index in [1.165, 1.54) is 33.9 Å². The number of hydrogen-bond acceptors (Lipinski definition) is 4. The van der Waals surface area contributed by atoms with E-state index in [4.69, 9.17) is 4.74 Å². The first-order valence-corrected chi connectivity index (χ1v) is 8.92. The van der Waals surface area contributed by atoms with Crippen LogP contribution in [0.4, 0.5) is 0 Å². The van der Waals surface area contributed by atoms with Crippen LogP contribution >= 0.6 is 11.3 Å². The fourth-order valence-corrected chi connectivity index (χ4v) is 4.48. The molecule has 1 aromatic heterocycles. The molecule has 0 saturated heterocycles. The quantitative estimate of drug-likeness (QED) is 0.898. The third-order valence-corrected chi connectivity index (χ3v) is 5.82. The van der Waals surface area contributed by atoms with Crippen molar-refractivity contribution in [1.82, 2.24) is 10.3 Å². The number of nitrogens with zero attached hydrogens (tertiary/aromatic N) is 1. The average molecular weight is 314 g/mol. The molecule has 0 aliphatic heterocycles. The van der Waals surface area contributed by atoms with Crippen molar-refractivity contribution in [3.63, 3.8) is 0 Å². The zero-order valence-corrected chi connectivity index (χ0v) is 14.0. The molecule has 0 bridgehead atoms. The molecule has 2 aromatic rings. The summed E-state index contributed by atoms with van der Waals surface area (Å²) in [5, 5.41) is 5.17. The first-order chi connectivity index (χ1) is 10.8. The Labute approximate surface area is 135 Å². The van der Waals surface area contributed by atoms with Crippen molar-refractivity contribution < 1.29 is 4.74 Å². The minimum absolute atomic E-state index is 0.417. The number of hydrogen-bond donors (Lipinski definition) is 1. The summed E-state index contributed by atoms with van der Waals surface area (Å²) in [4.78, 5) is 5.94. The Bertz CT molecular complexity index is 677. The highest BCUT2D eigenvalue weighted by atomic mass is 32.1. The second-order valence-corrected chi connectivity index (χ2v) is 7.68. The Morgan fingerprint density at radius 1 is 1.32 bits per heavy atom. The lowest BCUT2D eigenvalue weighted by Gasteiger charge is -2.22. The van der Waals surface area contributed by atoms with Crippen LogP contribution in [0.5, 0.6) is 5.75 Å². The summed E-state index contributed by atoms with van der Waals surface area (Å²) in [6, 6.07) is 7.28. The molecule has 0 radical (unpaired) electrons. The molecule has 4 heteroatoms. The third-order valence-electron chi connectivity index (χ3n) is 4.83. The zero-order chi connectivity index (χ0) is 15.1. The van der Waals surface area contributed by atoms with E-state index >= 15 is 0 Å². The van der Waals surface area contributed by atoms with Gasteiger partial charge in [-0.3, -0.25) is 0 Å². The number of aromatic nitrogens is 1. The van der Waals surface area contributed by atoms with Gasteiger partial charge >= 0.3 is 0 Å². The van der Waals surface area contributed by atoms with E-state index in [-0.39, 0.29) is 0 Å². The van der Waals surface area contributed by atoms with Crippen LogP contribution in [0.3, 0.4) is 0 Å². The maximum absolute atomic E-state index is 5.52. The van der Waals surface area contributed by atoms with Gasteiger partial charge in [-0.05, 0) is 55.7 Å². The molecule has 1 aromatic carbocycles. The molecule has 1 heterocycles. The van der Waals surface area contributed by atoms with Gasteiger partial charge in [0.1, 0.15) is 10.8 Å². The summed E-state index contributed by atoms with van der Waals surface area (Å²) < 4.78 is 5.52. The van der Waals surface area contributed by atoms with Crippen molar-refractivity contribution in [1.29, 1.82) is 0 Å². The molecule has 0 unspecified atom stereocenters. The third kappa shape index (κ3) is 2.55. The van der Waals surface area contributed by atoms with Crippen molar-refractivity contribution in [3.05, 3.63) is 45.4 Å². The molecule has 0 spiro atoms. The molecular weight excluding hydrogens is 292 g/mol. The van der Waals surface area contributed by atoms with Crippen molar-refractivity contribution in [3.8, 4) is 5.75 Å². The number of fused-ring (bicyclic) bond motifs is 1. The van der Waals surface area contributed by atoms with E-state index in [1.54, 1.807) is 7.11 Å². The van der Waals surface area contributed by atoms with Gasteiger partial charge in [0.05, 0.1) is 13.2 Å². The van der Waals surface area contributed by atoms with Gasteiger partial charge in [0.2, 0.25) is 0 Å². The van der Waals surface area contributed by atoms with Crippen molar-refractivity contribution in [2.75, 3.05) is 7.11 Å². The van der Waals surface area contributed by atoms with Crippen LogP contribution in [0.1, 0.15) is 52.4 Å². The molecule has 1 saturated carbocycles. The maximum atomic E-state index is 5.52. The first kappa shape index (κ1) is 14.2. The van der Waals surface area contributed by atoms with E-state index in [9.17, 15) is 0 Å². The van der Waals surface area contributed by atoms with Gasteiger partial charge in [0.15, 0.2) is 0 Å². The molecule has 22 heavy (non-hydrogen) atoms. The van der Waals surface area contributed by atoms with Gasteiger partial charge in [-0.2, -0.15) is 0 Å². The molecule has 1 fully saturated rings. The van der Waals surface area contributed by atoms with Crippen LogP contribution in [0.2, 0.25) is 0 Å². The average Bonchev–Trinajstić information content (AvgIpc) is 3.15. The van der Waals surface area contributed by atoms with E-state index < -0.39 is 0 Å². The summed E-state index contributed by atoms with van der Waals surface area (Å²) in [6.45, 7) is 2.14. The van der Waals surface area contributed by atoms with Crippen LogP contribution < -0.4 is 10.1 Å². The lowest BCUT2D eigenvalue weighted by Crippen LogP contribution is -2.26. The van der Waals surface area contributed by atoms with Gasteiger partial charge in [-0.1, -0.05) is 12.1 Å². The number of aryl methyl sites for hydroxylation is 1. The molecule has 2 aliphatic carbocycles. The number of rotatable bonds is 5. The lowest BCUT2D eigenvalue weighted by atomic mass is 10.1. The predicted octanol–water partition coefficient (Wildman–Crippen LogP) is 4.19. The van der Waals surface area contributed by atoms with Crippen LogP contribution in [-0.2, 0) is 6.42 Å². The second kappa shape index (κ2) is 5.67. The summed E-state index contributed by atoms with van der Waals surface area (Å²) in [6.07, 6.45) is 6.92. The molecule has 4 rings (SSSR count). The molecule has 116 valence electrons. The standard InChI is InChI=1S/C18H22N2OS/c1-11-10-19-18(22-11)17(12-6-7-12)20-15-9-8-14-13(15)4-3-5-16(14)21-2/h3-5,10,12,15,17,20H,6-9H2,1-2H3/t15-,17+/m1/s1. The van der Waals surface area contributed by atoms with E-state index in [1.807, 2.05) is 17.5 Å². The smallest absolute Gasteiger partial charge is 0.122 e. The summed E-state index contributed by atoms with van der Waals surface area (Å²) in [5.41, 5.74) is 2.80. The zero-order valence-electron chi connectivity index (χ0n) is 13.1. The molecule has 2 aliphatic rings. The maximum Gasteiger partial charge on any atom is 0.122 e. The summed E-state index contributed by atoms with van der Waals surface area (Å²) >= 11 is 1.84. The largest absolute Gasteiger partial charge is 0.496 e. The number of ether oxygens (including phenoxy) is 1. The van der Waals surface area contributed by atoms with Crippen LogP contribution in [0, 0.1) is 12.8 Å². The van der Waals surface area contributed by atoms with Crippen molar-refractivity contribution >= 4 is 11.3 Å². The Hall–Kier alpha value is -1.39. The van der Waals surface area contributed by atoms with Gasteiger partial charge in [-0.15, -0.1) is 11.3 Å². The van der Waals surface area contributed by atoms with Gasteiger partial charge in [0.25, 0.3) is 0 Å². The van der Waals surface area contributed by atoms with Gasteiger partial charge in [0, 0.05) is 17.1 Å². The highest BCUT2D eigenvalue weighted by Crippen LogP contribution is 2.45. The SMILES string of the molecule is COc1cccc2c1CC[C@H]2N[C@H](c1ncc(C)s1)C1CC1. The summed E-state index contributed by atoms with van der Waals surface area (Å²) in [7, 11) is 1.77. The molecule has 2 atom stereocenters. The first-order valence-electron chi connectivity index (χ1n) is 8.10. The highest BCUT2D eigenvalue weighted by Gasteiger charge is 2.37. The molecule has 0 amide bonds. The second-order valence-electron chi connectivity index (χ2n) is 6.41.